The first kappa shape index (κ1) is 9.39. The zero-order chi connectivity index (χ0) is 10.1. The first-order valence-electron chi connectivity index (χ1n) is 4.55. The van der Waals surface area contributed by atoms with Crippen LogP contribution in [0.25, 0.3) is 0 Å². The normalized spacial score (nSPS) is 33.4. The van der Waals surface area contributed by atoms with Crippen molar-refractivity contribution in [3.8, 4) is 0 Å². The fraction of sp³-hybridized carbons (Fsp3) is 0.750. The molecular formula is C8H11FN2O3. The predicted octanol–water partition coefficient (Wildman–Crippen LogP) is 0.0128. The predicted molar refractivity (Wildman–Crippen MR) is 44.1 cm³/mol. The van der Waals surface area contributed by atoms with Gasteiger partial charge in [0.2, 0.25) is 0 Å². The SMILES string of the molecule is O=C1NC(=O)N([C@@H]2CCCO2)CC1F. The van der Waals surface area contributed by atoms with E-state index in [9.17, 15) is 14.0 Å². The zero-order valence-electron chi connectivity index (χ0n) is 7.53. The van der Waals surface area contributed by atoms with E-state index in [1.54, 1.807) is 0 Å². The smallest absolute Gasteiger partial charge is 0.326 e. The lowest BCUT2D eigenvalue weighted by molar-refractivity contribution is -0.129. The Morgan fingerprint density at radius 2 is 2.29 bits per heavy atom. The third kappa shape index (κ3) is 1.57. The molecule has 14 heavy (non-hydrogen) atoms. The maximum Gasteiger partial charge on any atom is 0.326 e. The van der Waals surface area contributed by atoms with Gasteiger partial charge in [-0.25, -0.2) is 9.18 Å². The van der Waals surface area contributed by atoms with Crippen LogP contribution in [0.3, 0.4) is 0 Å². The molecule has 2 atom stereocenters. The molecule has 3 amide bonds. The van der Waals surface area contributed by atoms with E-state index < -0.39 is 18.1 Å². The van der Waals surface area contributed by atoms with Gasteiger partial charge in [-0.2, -0.15) is 0 Å². The van der Waals surface area contributed by atoms with Crippen LogP contribution >= 0.6 is 0 Å². The molecule has 6 heteroatoms. The lowest BCUT2D eigenvalue weighted by Crippen LogP contribution is -2.58. The van der Waals surface area contributed by atoms with Gasteiger partial charge in [0, 0.05) is 6.61 Å². The van der Waals surface area contributed by atoms with Gasteiger partial charge in [0.25, 0.3) is 5.91 Å². The number of hydrogen-bond acceptors (Lipinski definition) is 3. The Labute approximate surface area is 80.2 Å². The highest BCUT2D eigenvalue weighted by Gasteiger charge is 2.37. The molecule has 2 aliphatic rings. The number of nitrogens with one attached hydrogen (secondary N) is 1. The Hall–Kier alpha value is -1.17. The Kier molecular flexibility index (Phi) is 2.37. The number of halogens is 1. The highest BCUT2D eigenvalue weighted by Crippen LogP contribution is 2.19. The van der Waals surface area contributed by atoms with Gasteiger partial charge >= 0.3 is 6.03 Å². The summed E-state index contributed by atoms with van der Waals surface area (Å²) in [5.41, 5.74) is 0. The van der Waals surface area contributed by atoms with E-state index in [4.69, 9.17) is 4.74 Å². The number of imide groups is 1. The maximum atomic E-state index is 13.0. The van der Waals surface area contributed by atoms with Crippen LogP contribution in [0.1, 0.15) is 12.8 Å². The first-order valence-corrected chi connectivity index (χ1v) is 4.55. The number of amides is 3. The van der Waals surface area contributed by atoms with Gasteiger partial charge in [-0.1, -0.05) is 0 Å². The molecule has 2 aliphatic heterocycles. The van der Waals surface area contributed by atoms with Gasteiger partial charge in [0.1, 0.15) is 6.23 Å². The minimum absolute atomic E-state index is 0.199. The topological polar surface area (TPSA) is 58.6 Å². The Bertz CT molecular complexity index is 265. The van der Waals surface area contributed by atoms with Gasteiger partial charge < -0.3 is 4.74 Å². The van der Waals surface area contributed by atoms with Crippen molar-refractivity contribution < 1.29 is 18.7 Å². The van der Waals surface area contributed by atoms with Crippen molar-refractivity contribution in [3.63, 3.8) is 0 Å². The summed E-state index contributed by atoms with van der Waals surface area (Å²) >= 11 is 0. The largest absolute Gasteiger partial charge is 0.358 e. The van der Waals surface area contributed by atoms with Crippen molar-refractivity contribution in [1.29, 1.82) is 0 Å². The fourth-order valence-electron chi connectivity index (χ4n) is 1.65. The lowest BCUT2D eigenvalue weighted by Gasteiger charge is -2.32. The van der Waals surface area contributed by atoms with E-state index in [1.165, 1.54) is 4.90 Å². The van der Waals surface area contributed by atoms with Gasteiger partial charge in [0.15, 0.2) is 6.17 Å². The van der Waals surface area contributed by atoms with Crippen molar-refractivity contribution >= 4 is 11.9 Å². The summed E-state index contributed by atoms with van der Waals surface area (Å²) in [5, 5.41) is 1.95. The Balaban J connectivity index is 2.04. The van der Waals surface area contributed by atoms with Gasteiger partial charge in [-0.05, 0) is 12.8 Å². The summed E-state index contributed by atoms with van der Waals surface area (Å²) in [6.07, 6.45) is -0.452. The quantitative estimate of drug-likeness (QED) is 0.651. The van der Waals surface area contributed by atoms with Crippen molar-refractivity contribution in [2.24, 2.45) is 0 Å². The summed E-state index contributed by atoms with van der Waals surface area (Å²) in [5.74, 6) is -0.857. The average Bonchev–Trinajstić information content (AvgIpc) is 2.64. The average molecular weight is 202 g/mol. The molecule has 0 saturated carbocycles. The molecular weight excluding hydrogens is 191 g/mol. The number of ether oxygens (including phenoxy) is 1. The minimum atomic E-state index is -1.64. The number of urea groups is 1. The number of carbonyl (C=O) groups excluding carboxylic acids is 2. The number of nitrogens with zero attached hydrogens (tertiary/aromatic N) is 1. The number of hydrogen-bond donors (Lipinski definition) is 1. The Morgan fingerprint density at radius 1 is 1.50 bits per heavy atom. The lowest BCUT2D eigenvalue weighted by atomic mass is 10.2. The molecule has 1 unspecified atom stereocenters. The zero-order valence-corrected chi connectivity index (χ0v) is 7.53. The number of carbonyl (C=O) groups is 2. The fourth-order valence-corrected chi connectivity index (χ4v) is 1.65. The van der Waals surface area contributed by atoms with Gasteiger partial charge in [-0.3, -0.25) is 15.0 Å². The van der Waals surface area contributed by atoms with E-state index in [2.05, 4.69) is 0 Å². The van der Waals surface area contributed by atoms with Gasteiger partial charge in [0.05, 0.1) is 6.54 Å². The second-order valence-corrected chi connectivity index (χ2v) is 3.38. The van der Waals surface area contributed by atoms with E-state index in [0.717, 1.165) is 6.42 Å². The van der Waals surface area contributed by atoms with Crippen LogP contribution in [0.15, 0.2) is 0 Å². The van der Waals surface area contributed by atoms with Crippen molar-refractivity contribution in [2.75, 3.05) is 13.2 Å². The number of alkyl halides is 1. The van der Waals surface area contributed by atoms with Crippen LogP contribution < -0.4 is 5.32 Å². The Morgan fingerprint density at radius 3 is 2.93 bits per heavy atom. The molecule has 0 aromatic carbocycles. The summed E-state index contributed by atoms with van der Waals surface area (Å²) < 4.78 is 18.2. The summed E-state index contributed by atoms with van der Waals surface area (Å²) in [4.78, 5) is 23.3. The van der Waals surface area contributed by atoms with Crippen molar-refractivity contribution in [1.82, 2.24) is 10.2 Å². The van der Waals surface area contributed by atoms with Crippen LogP contribution in [-0.4, -0.2) is 42.4 Å². The van der Waals surface area contributed by atoms with Crippen LogP contribution in [0.5, 0.6) is 0 Å². The third-order valence-electron chi connectivity index (χ3n) is 2.39. The molecule has 2 fully saturated rings. The minimum Gasteiger partial charge on any atom is -0.358 e. The molecule has 0 aromatic heterocycles. The van der Waals surface area contributed by atoms with E-state index in [0.29, 0.717) is 13.0 Å². The highest BCUT2D eigenvalue weighted by molar-refractivity contribution is 5.99. The first-order chi connectivity index (χ1) is 6.68. The van der Waals surface area contributed by atoms with Crippen molar-refractivity contribution in [2.45, 2.75) is 25.2 Å². The van der Waals surface area contributed by atoms with Crippen molar-refractivity contribution in [3.05, 3.63) is 0 Å². The molecule has 2 rings (SSSR count). The number of rotatable bonds is 1. The second kappa shape index (κ2) is 3.53. The van der Waals surface area contributed by atoms with E-state index >= 15 is 0 Å². The maximum absolute atomic E-state index is 13.0. The molecule has 78 valence electrons. The monoisotopic (exact) mass is 202 g/mol. The third-order valence-corrected chi connectivity index (χ3v) is 2.39. The molecule has 2 heterocycles. The van der Waals surface area contributed by atoms with Gasteiger partial charge in [-0.15, -0.1) is 0 Å². The van der Waals surface area contributed by atoms with Crippen LogP contribution in [0, 0.1) is 0 Å². The molecule has 0 radical (unpaired) electrons. The molecule has 0 aliphatic carbocycles. The standard InChI is InChI=1S/C8H11FN2O3/c9-5-4-11(6-2-1-3-14-6)8(13)10-7(5)12/h5-6H,1-4H2,(H,10,12,13)/t5?,6-/m0/s1. The molecule has 0 aromatic rings. The van der Waals surface area contributed by atoms with E-state index in [-0.39, 0.29) is 12.8 Å². The highest BCUT2D eigenvalue weighted by atomic mass is 19.1. The molecule has 2 saturated heterocycles. The molecule has 5 nitrogen and oxygen atoms in total. The van der Waals surface area contributed by atoms with E-state index in [1.807, 2.05) is 5.32 Å². The molecule has 0 spiro atoms. The van der Waals surface area contributed by atoms with Crippen LogP contribution in [-0.2, 0) is 9.53 Å². The summed E-state index contributed by atoms with van der Waals surface area (Å²) in [6.45, 7) is 0.384. The summed E-state index contributed by atoms with van der Waals surface area (Å²) in [7, 11) is 0. The molecule has 1 N–H and O–H groups in total. The second-order valence-electron chi connectivity index (χ2n) is 3.38. The molecule has 0 bridgehead atoms. The van der Waals surface area contributed by atoms with Crippen LogP contribution in [0.4, 0.5) is 9.18 Å². The van der Waals surface area contributed by atoms with Crippen LogP contribution in [0.2, 0.25) is 0 Å². The summed E-state index contributed by atoms with van der Waals surface area (Å²) in [6, 6.07) is -0.559.